The molecule has 0 spiro atoms. The Bertz CT molecular complexity index is 925. The van der Waals surface area contributed by atoms with Crippen LogP contribution in [0.4, 0.5) is 0 Å². The maximum Gasteiger partial charge on any atom is 0.0777 e. The molecule has 0 fully saturated rings. The fraction of sp³-hybridized carbons (Fsp3) is 0.571. The maximum absolute atomic E-state index is 6.90. The third-order valence-electron chi connectivity index (χ3n) is 6.91. The van der Waals surface area contributed by atoms with Crippen molar-refractivity contribution in [3.8, 4) is 0 Å². The summed E-state index contributed by atoms with van der Waals surface area (Å²) in [5, 5.41) is 2.19. The molecule has 0 saturated heterocycles. The molecule has 2 aliphatic rings. The number of nitrogens with one attached hydrogen (secondary N) is 1. The van der Waals surface area contributed by atoms with Crippen molar-refractivity contribution in [3.05, 3.63) is 69.0 Å². The minimum Gasteiger partial charge on any atom is -0.400 e. The molecule has 3 N–H and O–H groups in total. The highest BCUT2D eigenvalue weighted by Crippen LogP contribution is 2.32. The van der Waals surface area contributed by atoms with Gasteiger partial charge in [0, 0.05) is 55.8 Å². The van der Waals surface area contributed by atoms with E-state index < -0.39 is 0 Å². The number of halogens is 1. The molecular weight excluding hydrogens is 504 g/mol. The van der Waals surface area contributed by atoms with Crippen LogP contribution in [-0.4, -0.2) is 62.0 Å². The van der Waals surface area contributed by atoms with Crippen molar-refractivity contribution in [2.24, 2.45) is 5.73 Å². The lowest BCUT2D eigenvalue weighted by Gasteiger charge is -2.33. The summed E-state index contributed by atoms with van der Waals surface area (Å²) in [5.41, 5.74) is 16.3. The summed E-state index contributed by atoms with van der Waals surface area (Å²) in [4.78, 5) is 2.48. The predicted molar refractivity (Wildman–Crippen MR) is 148 cm³/mol. The monoisotopic (exact) mass is 546 g/mol. The van der Waals surface area contributed by atoms with Gasteiger partial charge >= 0.3 is 0 Å². The first-order valence-corrected chi connectivity index (χ1v) is 13.5. The van der Waals surface area contributed by atoms with Crippen LogP contribution in [0.15, 0.2) is 57.9 Å². The molecule has 194 valence electrons. The highest BCUT2D eigenvalue weighted by molar-refractivity contribution is 9.12. The molecule has 3 rings (SSSR count). The van der Waals surface area contributed by atoms with Crippen LogP contribution in [0, 0.1) is 0 Å². The minimum absolute atomic E-state index is 0.0267. The van der Waals surface area contributed by atoms with Gasteiger partial charge in [-0.05, 0) is 77.4 Å². The number of allylic oxidation sites excluding steroid dienone is 1. The molecule has 0 amide bonds. The van der Waals surface area contributed by atoms with E-state index >= 15 is 0 Å². The first-order chi connectivity index (χ1) is 16.7. The lowest BCUT2D eigenvalue weighted by molar-refractivity contribution is 0.0909. The molecule has 1 aliphatic carbocycles. The Hall–Kier alpha value is -1.64. The number of nitrogens with two attached hydrogens (primary N) is 1. The smallest absolute Gasteiger partial charge is 0.0777 e. The van der Waals surface area contributed by atoms with Crippen LogP contribution in [0.25, 0.3) is 0 Å². The van der Waals surface area contributed by atoms with Gasteiger partial charge in [0.05, 0.1) is 18.7 Å². The SMILES string of the molecule is COCCCN(Cc1ccc(C(C)C)cc1)C1CC(OC)C=C(CN2NC(C)C=C2C)C(Br)=C1N. The lowest BCUT2D eigenvalue weighted by Crippen LogP contribution is -2.41. The van der Waals surface area contributed by atoms with E-state index in [2.05, 4.69) is 95.4 Å². The van der Waals surface area contributed by atoms with E-state index in [1.165, 1.54) is 16.8 Å². The highest BCUT2D eigenvalue weighted by Gasteiger charge is 2.31. The number of benzene rings is 1. The number of ether oxygens (including phenoxy) is 2. The van der Waals surface area contributed by atoms with Crippen LogP contribution < -0.4 is 11.2 Å². The molecule has 6 nitrogen and oxygen atoms in total. The number of rotatable bonds is 11. The van der Waals surface area contributed by atoms with Crippen molar-refractivity contribution in [2.75, 3.05) is 33.9 Å². The van der Waals surface area contributed by atoms with Crippen molar-refractivity contribution in [2.45, 2.75) is 71.2 Å². The van der Waals surface area contributed by atoms with Crippen LogP contribution in [0.5, 0.6) is 0 Å². The molecule has 0 bridgehead atoms. The second-order valence-corrected chi connectivity index (χ2v) is 10.8. The Kier molecular flexibility index (Phi) is 10.4. The van der Waals surface area contributed by atoms with Gasteiger partial charge in [-0.1, -0.05) is 38.1 Å². The number of hydrogen-bond donors (Lipinski definition) is 2. The number of methoxy groups -OCH3 is 2. The molecule has 1 aromatic carbocycles. The van der Waals surface area contributed by atoms with Gasteiger partial charge in [-0.2, -0.15) is 0 Å². The Morgan fingerprint density at radius 3 is 2.49 bits per heavy atom. The molecule has 0 radical (unpaired) electrons. The normalized spacial score (nSPS) is 23.2. The van der Waals surface area contributed by atoms with Crippen molar-refractivity contribution in [3.63, 3.8) is 0 Å². The Morgan fingerprint density at radius 2 is 1.91 bits per heavy atom. The zero-order chi connectivity index (χ0) is 25.5. The van der Waals surface area contributed by atoms with Gasteiger partial charge in [-0.25, -0.2) is 5.43 Å². The Labute approximate surface area is 220 Å². The van der Waals surface area contributed by atoms with Crippen LogP contribution in [-0.2, 0) is 16.0 Å². The second-order valence-electron chi connectivity index (χ2n) is 10.0. The standard InChI is InChI=1S/C28H43BrN4O2/c1-19(2)23-10-8-22(9-11-23)17-32(12-7-13-34-5)26-16-25(35-6)15-24(27(29)28(26)30)18-33-21(4)14-20(3)31-33/h8-11,14-15,19-20,25-26,31H,7,12-13,16-18,30H2,1-6H3. The number of nitrogens with zero attached hydrogens (tertiary/aromatic N) is 2. The van der Waals surface area contributed by atoms with Crippen LogP contribution in [0.1, 0.15) is 57.6 Å². The largest absolute Gasteiger partial charge is 0.400 e. The minimum atomic E-state index is -0.0267. The third kappa shape index (κ3) is 7.43. The first kappa shape index (κ1) is 27.9. The number of hydrazine groups is 1. The summed E-state index contributed by atoms with van der Waals surface area (Å²) in [6, 6.07) is 9.35. The molecule has 3 atom stereocenters. The molecule has 1 heterocycles. The molecule has 1 aromatic rings. The van der Waals surface area contributed by atoms with E-state index in [-0.39, 0.29) is 12.1 Å². The maximum atomic E-state index is 6.90. The zero-order valence-corrected chi connectivity index (χ0v) is 23.8. The first-order valence-electron chi connectivity index (χ1n) is 12.7. The molecular formula is C28H43BrN4O2. The second kappa shape index (κ2) is 13.1. The quantitative estimate of drug-likeness (QED) is 0.379. The van der Waals surface area contributed by atoms with Crippen molar-refractivity contribution >= 4 is 15.9 Å². The summed E-state index contributed by atoms with van der Waals surface area (Å²) < 4.78 is 12.3. The third-order valence-corrected chi connectivity index (χ3v) is 7.88. The van der Waals surface area contributed by atoms with Gasteiger partial charge in [0.2, 0.25) is 0 Å². The lowest BCUT2D eigenvalue weighted by atomic mass is 10.0. The molecule has 0 aromatic heterocycles. The van der Waals surface area contributed by atoms with E-state index in [4.69, 9.17) is 15.2 Å². The van der Waals surface area contributed by atoms with Crippen molar-refractivity contribution < 1.29 is 9.47 Å². The average molecular weight is 548 g/mol. The molecule has 3 unspecified atom stereocenters. The molecule has 35 heavy (non-hydrogen) atoms. The summed E-state index contributed by atoms with van der Waals surface area (Å²) >= 11 is 3.88. The van der Waals surface area contributed by atoms with Gasteiger partial charge in [0.1, 0.15) is 0 Å². The summed E-state index contributed by atoms with van der Waals surface area (Å²) in [7, 11) is 3.54. The molecule has 1 aliphatic heterocycles. The van der Waals surface area contributed by atoms with Gasteiger partial charge in [-0.3, -0.25) is 4.90 Å². The molecule has 0 saturated carbocycles. The van der Waals surface area contributed by atoms with E-state index in [0.29, 0.717) is 12.0 Å². The van der Waals surface area contributed by atoms with E-state index in [1.807, 2.05) is 0 Å². The highest BCUT2D eigenvalue weighted by atomic mass is 79.9. The fourth-order valence-corrected chi connectivity index (χ4v) is 5.38. The van der Waals surface area contributed by atoms with E-state index in [9.17, 15) is 0 Å². The summed E-state index contributed by atoms with van der Waals surface area (Å²) in [5.74, 6) is 0.525. The Balaban J connectivity index is 1.86. The van der Waals surface area contributed by atoms with Gasteiger partial charge in [0.15, 0.2) is 0 Å². The Morgan fingerprint density at radius 1 is 1.20 bits per heavy atom. The summed E-state index contributed by atoms with van der Waals surface area (Å²) in [6.45, 7) is 11.9. The summed E-state index contributed by atoms with van der Waals surface area (Å²) in [6.07, 6.45) is 6.17. The fourth-order valence-electron chi connectivity index (χ4n) is 4.85. The van der Waals surface area contributed by atoms with E-state index in [0.717, 1.165) is 54.8 Å². The van der Waals surface area contributed by atoms with Crippen LogP contribution in [0.3, 0.4) is 0 Å². The number of hydrogen-bond acceptors (Lipinski definition) is 6. The zero-order valence-electron chi connectivity index (χ0n) is 22.2. The van der Waals surface area contributed by atoms with Gasteiger partial charge < -0.3 is 20.2 Å². The van der Waals surface area contributed by atoms with Crippen molar-refractivity contribution in [1.29, 1.82) is 0 Å². The van der Waals surface area contributed by atoms with E-state index in [1.54, 1.807) is 14.2 Å². The van der Waals surface area contributed by atoms with Gasteiger partial charge in [0.25, 0.3) is 0 Å². The molecule has 7 heteroatoms. The predicted octanol–water partition coefficient (Wildman–Crippen LogP) is 5.04. The topological polar surface area (TPSA) is 63.0 Å². The van der Waals surface area contributed by atoms with Gasteiger partial charge in [-0.15, -0.1) is 0 Å². The van der Waals surface area contributed by atoms with Crippen LogP contribution >= 0.6 is 15.9 Å². The van der Waals surface area contributed by atoms with Crippen molar-refractivity contribution in [1.82, 2.24) is 15.3 Å². The van der Waals surface area contributed by atoms with Crippen LogP contribution in [0.2, 0.25) is 0 Å². The average Bonchev–Trinajstić information content (AvgIpc) is 3.10.